The van der Waals surface area contributed by atoms with E-state index in [1.165, 1.54) is 12.3 Å². The predicted molar refractivity (Wildman–Crippen MR) is 139 cm³/mol. The number of nitrogens with zero attached hydrogens (tertiary/aromatic N) is 2. The van der Waals surface area contributed by atoms with Crippen LogP contribution in [0.4, 0.5) is 5.69 Å². The number of nitro groups is 1. The summed E-state index contributed by atoms with van der Waals surface area (Å²) in [5.74, 6) is 1.23. The highest BCUT2D eigenvalue weighted by atomic mass is 16.6. The Morgan fingerprint density at radius 3 is 2.11 bits per heavy atom. The second-order valence-corrected chi connectivity index (χ2v) is 8.03. The molecule has 0 bridgehead atoms. The Hall–Kier alpha value is -4.24. The molecule has 0 aliphatic carbocycles. The zero-order valence-corrected chi connectivity index (χ0v) is 20.5. The summed E-state index contributed by atoms with van der Waals surface area (Å²) in [5.41, 5.74) is 4.78. The van der Waals surface area contributed by atoms with E-state index in [2.05, 4.69) is 22.8 Å². The van der Waals surface area contributed by atoms with Crippen LogP contribution in [0.25, 0.3) is 0 Å². The molecule has 9 nitrogen and oxygen atoms in total. The van der Waals surface area contributed by atoms with Gasteiger partial charge in [-0.2, -0.15) is 5.10 Å². The summed E-state index contributed by atoms with van der Waals surface area (Å²) in [6.07, 6.45) is 2.09. The molecular formula is C27H30N4O5. The summed E-state index contributed by atoms with van der Waals surface area (Å²) < 4.78 is 10.6. The first-order valence-electron chi connectivity index (χ1n) is 11.5. The number of para-hydroxylation sites is 1. The molecule has 0 aliphatic heterocycles. The van der Waals surface area contributed by atoms with Gasteiger partial charge in [0.05, 0.1) is 37.5 Å². The van der Waals surface area contributed by atoms with Crippen molar-refractivity contribution in [2.75, 3.05) is 20.8 Å². The first-order valence-corrected chi connectivity index (χ1v) is 11.5. The molecule has 0 aliphatic rings. The molecule has 0 radical (unpaired) electrons. The molecule has 2 atom stereocenters. The van der Waals surface area contributed by atoms with E-state index in [1.807, 2.05) is 48.5 Å². The number of benzene rings is 3. The third kappa shape index (κ3) is 6.89. The standard InChI is InChI=1S/C27H30N4O5/c1-4-24(19-9-13-22(35-2)14-10-19)27(20-11-15-23(36-3)16-12-20)28-18-26(32)30-29-17-21-7-5-6-8-25(21)31(33)34/h5-17,24,27-28H,4,18H2,1-3H3,(H,30,32). The molecule has 9 heteroatoms. The number of carbonyl (C=O) groups is 1. The first-order chi connectivity index (χ1) is 17.5. The monoisotopic (exact) mass is 490 g/mol. The molecule has 0 heterocycles. The molecule has 3 rings (SSSR count). The third-order valence-electron chi connectivity index (χ3n) is 5.87. The van der Waals surface area contributed by atoms with Gasteiger partial charge < -0.3 is 14.8 Å². The smallest absolute Gasteiger partial charge is 0.278 e. The maximum absolute atomic E-state index is 12.6. The lowest BCUT2D eigenvalue weighted by Crippen LogP contribution is -2.36. The average Bonchev–Trinajstić information content (AvgIpc) is 2.91. The van der Waals surface area contributed by atoms with Crippen LogP contribution >= 0.6 is 0 Å². The maximum Gasteiger partial charge on any atom is 0.278 e. The van der Waals surface area contributed by atoms with Crippen molar-refractivity contribution < 1.29 is 19.2 Å². The zero-order chi connectivity index (χ0) is 25.9. The van der Waals surface area contributed by atoms with E-state index < -0.39 is 4.92 Å². The highest BCUT2D eigenvalue weighted by molar-refractivity contribution is 5.86. The highest BCUT2D eigenvalue weighted by Gasteiger charge is 2.24. The Balaban J connectivity index is 1.75. The minimum Gasteiger partial charge on any atom is -0.497 e. The van der Waals surface area contributed by atoms with Gasteiger partial charge in [-0.05, 0) is 47.9 Å². The number of methoxy groups -OCH3 is 2. The van der Waals surface area contributed by atoms with Crippen LogP contribution in [0.15, 0.2) is 77.9 Å². The lowest BCUT2D eigenvalue weighted by atomic mass is 9.85. The molecule has 188 valence electrons. The molecule has 0 saturated heterocycles. The third-order valence-corrected chi connectivity index (χ3v) is 5.87. The molecule has 36 heavy (non-hydrogen) atoms. The fourth-order valence-corrected chi connectivity index (χ4v) is 4.00. The SMILES string of the molecule is CCC(c1ccc(OC)cc1)C(NCC(=O)NN=Cc1ccccc1[N+](=O)[O-])c1ccc(OC)cc1. The fourth-order valence-electron chi connectivity index (χ4n) is 4.00. The highest BCUT2D eigenvalue weighted by Crippen LogP contribution is 2.35. The number of carbonyl (C=O) groups excluding carboxylic acids is 1. The first kappa shape index (κ1) is 26.4. The van der Waals surface area contributed by atoms with E-state index >= 15 is 0 Å². The quantitative estimate of drug-likeness (QED) is 0.218. The molecule has 3 aromatic rings. The topological polar surface area (TPSA) is 115 Å². The van der Waals surface area contributed by atoms with Crippen LogP contribution in [0.3, 0.4) is 0 Å². The molecule has 3 aromatic carbocycles. The van der Waals surface area contributed by atoms with Gasteiger partial charge in [0.2, 0.25) is 0 Å². The van der Waals surface area contributed by atoms with Gasteiger partial charge in [-0.3, -0.25) is 14.9 Å². The van der Waals surface area contributed by atoms with Gasteiger partial charge in [-0.15, -0.1) is 0 Å². The molecule has 0 fully saturated rings. The van der Waals surface area contributed by atoms with Crippen molar-refractivity contribution in [3.63, 3.8) is 0 Å². The van der Waals surface area contributed by atoms with Gasteiger partial charge in [0.25, 0.3) is 11.6 Å². The number of amides is 1. The zero-order valence-electron chi connectivity index (χ0n) is 20.5. The molecule has 2 unspecified atom stereocenters. The number of hydrogen-bond acceptors (Lipinski definition) is 7. The van der Waals surface area contributed by atoms with Crippen molar-refractivity contribution in [3.05, 3.63) is 99.6 Å². The van der Waals surface area contributed by atoms with Crippen molar-refractivity contribution in [2.45, 2.75) is 25.3 Å². The van der Waals surface area contributed by atoms with Crippen LogP contribution in [-0.4, -0.2) is 37.8 Å². The van der Waals surface area contributed by atoms with Gasteiger partial charge in [-0.1, -0.05) is 43.3 Å². The average molecular weight is 491 g/mol. The summed E-state index contributed by atoms with van der Waals surface area (Å²) in [6, 6.07) is 21.7. The number of rotatable bonds is 12. The van der Waals surface area contributed by atoms with E-state index in [9.17, 15) is 14.9 Å². The number of hydrazone groups is 1. The number of nitrogens with one attached hydrogen (secondary N) is 2. The predicted octanol–water partition coefficient (Wildman–Crippen LogP) is 4.59. The summed E-state index contributed by atoms with van der Waals surface area (Å²) in [5, 5.41) is 18.4. The van der Waals surface area contributed by atoms with Gasteiger partial charge in [0, 0.05) is 18.0 Å². The van der Waals surface area contributed by atoms with Crippen LogP contribution < -0.4 is 20.2 Å². The lowest BCUT2D eigenvalue weighted by Gasteiger charge is -2.28. The Labute approximate surface area is 210 Å². The van der Waals surface area contributed by atoms with Crippen LogP contribution in [0.5, 0.6) is 11.5 Å². The van der Waals surface area contributed by atoms with Gasteiger partial charge in [-0.25, -0.2) is 5.43 Å². The second kappa shape index (κ2) is 13.0. The summed E-state index contributed by atoms with van der Waals surface area (Å²) in [4.78, 5) is 23.2. The van der Waals surface area contributed by atoms with Crippen molar-refractivity contribution >= 4 is 17.8 Å². The van der Waals surface area contributed by atoms with E-state index in [0.717, 1.165) is 29.0 Å². The van der Waals surface area contributed by atoms with Crippen LogP contribution in [0, 0.1) is 10.1 Å². The van der Waals surface area contributed by atoms with E-state index in [-0.39, 0.29) is 30.1 Å². The van der Waals surface area contributed by atoms with Crippen molar-refractivity contribution in [2.24, 2.45) is 5.10 Å². The molecule has 1 amide bonds. The van der Waals surface area contributed by atoms with Crippen LogP contribution in [0.2, 0.25) is 0 Å². The van der Waals surface area contributed by atoms with Gasteiger partial charge in [0.1, 0.15) is 11.5 Å². The van der Waals surface area contributed by atoms with Crippen LogP contribution in [0.1, 0.15) is 42.0 Å². The maximum atomic E-state index is 12.6. The summed E-state index contributed by atoms with van der Waals surface area (Å²) in [6.45, 7) is 2.10. The summed E-state index contributed by atoms with van der Waals surface area (Å²) in [7, 11) is 3.25. The Morgan fingerprint density at radius 1 is 0.972 bits per heavy atom. The Morgan fingerprint density at radius 2 is 1.56 bits per heavy atom. The number of nitro benzene ring substituents is 1. The Kier molecular flexibility index (Phi) is 9.53. The molecule has 0 aromatic heterocycles. The number of ether oxygens (including phenoxy) is 2. The molecule has 0 spiro atoms. The molecule has 2 N–H and O–H groups in total. The van der Waals surface area contributed by atoms with Crippen LogP contribution in [-0.2, 0) is 4.79 Å². The largest absolute Gasteiger partial charge is 0.497 e. The van der Waals surface area contributed by atoms with Gasteiger partial charge in [0.15, 0.2) is 0 Å². The van der Waals surface area contributed by atoms with E-state index in [0.29, 0.717) is 5.56 Å². The molecular weight excluding hydrogens is 460 g/mol. The summed E-state index contributed by atoms with van der Waals surface area (Å²) >= 11 is 0. The van der Waals surface area contributed by atoms with Crippen molar-refractivity contribution in [1.82, 2.24) is 10.7 Å². The molecule has 0 saturated carbocycles. The Bertz CT molecular complexity index is 1180. The minimum atomic E-state index is -0.492. The van der Waals surface area contributed by atoms with Gasteiger partial charge >= 0.3 is 0 Å². The van der Waals surface area contributed by atoms with Crippen molar-refractivity contribution in [3.8, 4) is 11.5 Å². The second-order valence-electron chi connectivity index (χ2n) is 8.03. The van der Waals surface area contributed by atoms with E-state index in [1.54, 1.807) is 32.4 Å². The van der Waals surface area contributed by atoms with Crippen molar-refractivity contribution in [1.29, 1.82) is 0 Å². The van der Waals surface area contributed by atoms with E-state index in [4.69, 9.17) is 9.47 Å². The number of hydrogen-bond donors (Lipinski definition) is 2. The minimum absolute atomic E-state index is 0.00241. The lowest BCUT2D eigenvalue weighted by molar-refractivity contribution is -0.385. The fraction of sp³-hybridized carbons (Fsp3) is 0.259. The normalized spacial score (nSPS) is 12.6.